The molecule has 11 heavy (non-hydrogen) atoms. The SMILES string of the molecule is CCOc1cccc(S)c1S. The van der Waals surface area contributed by atoms with Crippen LogP contribution >= 0.6 is 25.3 Å². The monoisotopic (exact) mass is 186 g/mol. The molecule has 3 heteroatoms. The molecule has 0 N–H and O–H groups in total. The van der Waals surface area contributed by atoms with E-state index in [1.54, 1.807) is 0 Å². The van der Waals surface area contributed by atoms with Crippen molar-refractivity contribution in [3.05, 3.63) is 18.2 Å². The van der Waals surface area contributed by atoms with Crippen molar-refractivity contribution in [3.8, 4) is 5.75 Å². The summed E-state index contributed by atoms with van der Waals surface area (Å²) in [5, 5.41) is 0. The Kier molecular flexibility index (Phi) is 3.15. The van der Waals surface area contributed by atoms with Crippen molar-refractivity contribution in [2.24, 2.45) is 0 Å². The van der Waals surface area contributed by atoms with Gasteiger partial charge in [0.2, 0.25) is 0 Å². The maximum atomic E-state index is 5.29. The van der Waals surface area contributed by atoms with E-state index in [0.717, 1.165) is 15.5 Å². The highest BCUT2D eigenvalue weighted by molar-refractivity contribution is 7.83. The van der Waals surface area contributed by atoms with Crippen LogP contribution < -0.4 is 4.74 Å². The van der Waals surface area contributed by atoms with Crippen LogP contribution in [0.5, 0.6) is 5.75 Å². The van der Waals surface area contributed by atoms with Crippen LogP contribution in [0.4, 0.5) is 0 Å². The summed E-state index contributed by atoms with van der Waals surface area (Å²) in [5.74, 6) is 0.795. The molecule has 0 saturated carbocycles. The first-order valence-corrected chi connectivity index (χ1v) is 4.29. The van der Waals surface area contributed by atoms with Gasteiger partial charge in [0.1, 0.15) is 5.75 Å². The molecule has 0 spiro atoms. The molecule has 0 fully saturated rings. The average molecular weight is 186 g/mol. The van der Waals surface area contributed by atoms with Crippen LogP contribution in [0.2, 0.25) is 0 Å². The van der Waals surface area contributed by atoms with E-state index in [0.29, 0.717) is 6.61 Å². The van der Waals surface area contributed by atoms with E-state index in [2.05, 4.69) is 25.3 Å². The normalized spacial score (nSPS) is 9.73. The van der Waals surface area contributed by atoms with Gasteiger partial charge in [-0.3, -0.25) is 0 Å². The smallest absolute Gasteiger partial charge is 0.133 e. The van der Waals surface area contributed by atoms with Crippen LogP contribution in [0.3, 0.4) is 0 Å². The van der Waals surface area contributed by atoms with Crippen molar-refractivity contribution in [3.63, 3.8) is 0 Å². The summed E-state index contributed by atoms with van der Waals surface area (Å²) in [5.41, 5.74) is 0. The van der Waals surface area contributed by atoms with E-state index in [1.807, 2.05) is 25.1 Å². The largest absolute Gasteiger partial charge is 0.493 e. The molecule has 0 bridgehead atoms. The Morgan fingerprint density at radius 2 is 2.09 bits per heavy atom. The second kappa shape index (κ2) is 3.93. The molecule has 0 amide bonds. The number of rotatable bonds is 2. The van der Waals surface area contributed by atoms with Gasteiger partial charge in [-0.15, -0.1) is 25.3 Å². The number of benzene rings is 1. The lowest BCUT2D eigenvalue weighted by Gasteiger charge is -2.06. The molecule has 0 heterocycles. The van der Waals surface area contributed by atoms with Crippen molar-refractivity contribution in [2.45, 2.75) is 16.7 Å². The standard InChI is InChI=1S/C8H10OS2/c1-2-9-6-4-3-5-7(10)8(6)11/h3-5,10-11H,2H2,1H3. The fourth-order valence-corrected chi connectivity index (χ4v) is 1.19. The number of thiol groups is 2. The molecule has 0 aliphatic heterocycles. The predicted octanol–water partition coefficient (Wildman–Crippen LogP) is 2.66. The lowest BCUT2D eigenvalue weighted by atomic mass is 10.3. The molecule has 0 atom stereocenters. The van der Waals surface area contributed by atoms with Gasteiger partial charge in [-0.05, 0) is 19.1 Å². The zero-order chi connectivity index (χ0) is 8.27. The molecule has 1 rings (SSSR count). The van der Waals surface area contributed by atoms with Crippen molar-refractivity contribution >= 4 is 25.3 Å². The van der Waals surface area contributed by atoms with Crippen LogP contribution in [0.15, 0.2) is 28.0 Å². The maximum Gasteiger partial charge on any atom is 0.133 e. The second-order valence-electron chi connectivity index (χ2n) is 2.06. The summed E-state index contributed by atoms with van der Waals surface area (Å²) in [6, 6.07) is 5.66. The van der Waals surface area contributed by atoms with Crippen LogP contribution in [-0.4, -0.2) is 6.61 Å². The van der Waals surface area contributed by atoms with Gasteiger partial charge in [0.25, 0.3) is 0 Å². The van der Waals surface area contributed by atoms with Crippen molar-refractivity contribution in [1.29, 1.82) is 0 Å². The van der Waals surface area contributed by atoms with Gasteiger partial charge in [0.05, 0.1) is 11.5 Å². The zero-order valence-corrected chi connectivity index (χ0v) is 8.03. The Labute approximate surface area is 77.6 Å². The molecule has 0 radical (unpaired) electrons. The summed E-state index contributed by atoms with van der Waals surface area (Å²) in [4.78, 5) is 1.65. The second-order valence-corrected chi connectivity index (χ2v) is 2.99. The maximum absolute atomic E-state index is 5.29. The molecule has 1 nitrogen and oxygen atoms in total. The van der Waals surface area contributed by atoms with E-state index in [9.17, 15) is 0 Å². The fraction of sp³-hybridized carbons (Fsp3) is 0.250. The summed E-state index contributed by atoms with van der Waals surface area (Å²) < 4.78 is 5.29. The molecule has 0 aliphatic carbocycles. The molecule has 0 aromatic heterocycles. The van der Waals surface area contributed by atoms with E-state index in [4.69, 9.17) is 4.74 Å². The summed E-state index contributed by atoms with van der Waals surface area (Å²) in [7, 11) is 0. The van der Waals surface area contributed by atoms with Crippen molar-refractivity contribution in [2.75, 3.05) is 6.61 Å². The summed E-state index contributed by atoms with van der Waals surface area (Å²) in [6.45, 7) is 2.60. The first-order chi connectivity index (χ1) is 5.25. The van der Waals surface area contributed by atoms with Gasteiger partial charge < -0.3 is 4.74 Å². The number of hydrogen-bond donors (Lipinski definition) is 2. The fourth-order valence-electron chi connectivity index (χ4n) is 0.783. The minimum atomic E-state index is 0.658. The molecule has 60 valence electrons. The Bertz CT molecular complexity index is 248. The van der Waals surface area contributed by atoms with Gasteiger partial charge in [-0.25, -0.2) is 0 Å². The third-order valence-corrected chi connectivity index (χ3v) is 2.29. The Hall–Kier alpha value is -0.280. The van der Waals surface area contributed by atoms with E-state index in [1.165, 1.54) is 0 Å². The minimum absolute atomic E-state index is 0.658. The predicted molar refractivity (Wildman–Crippen MR) is 52.1 cm³/mol. The molecule has 0 saturated heterocycles. The molecule has 0 aliphatic rings. The third kappa shape index (κ3) is 2.07. The van der Waals surface area contributed by atoms with Gasteiger partial charge in [0, 0.05) is 4.90 Å². The highest BCUT2D eigenvalue weighted by Gasteiger charge is 2.00. The van der Waals surface area contributed by atoms with E-state index >= 15 is 0 Å². The highest BCUT2D eigenvalue weighted by Crippen LogP contribution is 2.28. The topological polar surface area (TPSA) is 9.23 Å². The molecular formula is C8H10OS2. The Morgan fingerprint density at radius 3 is 2.73 bits per heavy atom. The first-order valence-electron chi connectivity index (χ1n) is 3.39. The van der Waals surface area contributed by atoms with Crippen LogP contribution in [0.25, 0.3) is 0 Å². The molecule has 1 aromatic carbocycles. The third-order valence-electron chi connectivity index (χ3n) is 1.28. The van der Waals surface area contributed by atoms with Crippen LogP contribution in [-0.2, 0) is 0 Å². The van der Waals surface area contributed by atoms with Gasteiger partial charge in [-0.1, -0.05) is 6.07 Å². The first kappa shape index (κ1) is 8.81. The average Bonchev–Trinajstić information content (AvgIpc) is 1.99. The van der Waals surface area contributed by atoms with Gasteiger partial charge in [-0.2, -0.15) is 0 Å². The zero-order valence-electron chi connectivity index (χ0n) is 6.24. The minimum Gasteiger partial charge on any atom is -0.493 e. The lowest BCUT2D eigenvalue weighted by Crippen LogP contribution is -1.92. The summed E-state index contributed by atoms with van der Waals surface area (Å²) >= 11 is 8.45. The van der Waals surface area contributed by atoms with Crippen LogP contribution in [0, 0.1) is 0 Å². The van der Waals surface area contributed by atoms with Crippen LogP contribution in [0.1, 0.15) is 6.92 Å². The molecular weight excluding hydrogens is 176 g/mol. The summed E-state index contributed by atoms with van der Waals surface area (Å²) in [6.07, 6.45) is 0. The van der Waals surface area contributed by atoms with E-state index in [-0.39, 0.29) is 0 Å². The number of ether oxygens (including phenoxy) is 1. The Balaban J connectivity index is 2.96. The van der Waals surface area contributed by atoms with E-state index < -0.39 is 0 Å². The highest BCUT2D eigenvalue weighted by atomic mass is 32.1. The molecule has 1 aromatic rings. The number of hydrogen-bond acceptors (Lipinski definition) is 3. The van der Waals surface area contributed by atoms with Crippen molar-refractivity contribution < 1.29 is 4.74 Å². The van der Waals surface area contributed by atoms with Crippen molar-refractivity contribution in [1.82, 2.24) is 0 Å². The Morgan fingerprint density at radius 1 is 1.36 bits per heavy atom. The lowest BCUT2D eigenvalue weighted by molar-refractivity contribution is 0.331. The quantitative estimate of drug-likeness (QED) is 0.675. The van der Waals surface area contributed by atoms with Gasteiger partial charge in [0.15, 0.2) is 0 Å². The molecule has 0 unspecified atom stereocenters. The van der Waals surface area contributed by atoms with Gasteiger partial charge >= 0.3 is 0 Å².